The van der Waals surface area contributed by atoms with Crippen molar-refractivity contribution < 1.29 is 9.53 Å². The number of amides is 1. The molecule has 26 heavy (non-hydrogen) atoms. The number of anilines is 2. The molecule has 0 spiro atoms. The van der Waals surface area contributed by atoms with Crippen LogP contribution in [-0.4, -0.2) is 18.0 Å². The molecule has 2 N–H and O–H groups in total. The van der Waals surface area contributed by atoms with E-state index in [9.17, 15) is 4.79 Å². The van der Waals surface area contributed by atoms with Gasteiger partial charge in [0.15, 0.2) is 0 Å². The number of methoxy groups -OCH3 is 1. The molecule has 0 aliphatic carbocycles. The highest BCUT2D eigenvalue weighted by Crippen LogP contribution is 2.19. The highest BCUT2D eigenvalue weighted by Gasteiger charge is 2.08. The fraction of sp³-hybridized carbons (Fsp3) is 0.100. The van der Waals surface area contributed by atoms with Crippen molar-refractivity contribution in [2.75, 3.05) is 17.7 Å². The van der Waals surface area contributed by atoms with Gasteiger partial charge in [0.25, 0.3) is 5.91 Å². The van der Waals surface area contributed by atoms with Crippen LogP contribution in [0.3, 0.4) is 0 Å². The molecule has 1 aromatic heterocycles. The third-order valence-electron chi connectivity index (χ3n) is 3.77. The number of carbonyl (C=O) groups excluding carboxylic acids is 1. The Morgan fingerprint density at radius 2 is 1.77 bits per heavy atom. The molecule has 0 aliphatic heterocycles. The molecule has 0 fully saturated rings. The average Bonchev–Trinajstić information content (AvgIpc) is 2.68. The molecule has 0 saturated carbocycles. The second-order valence-electron chi connectivity index (χ2n) is 5.56. The second kappa shape index (κ2) is 8.36. The summed E-state index contributed by atoms with van der Waals surface area (Å²) >= 11 is 5.84. The number of para-hydroxylation sites is 1. The Bertz CT molecular complexity index is 880. The first-order valence-corrected chi connectivity index (χ1v) is 8.42. The molecule has 0 unspecified atom stereocenters. The van der Waals surface area contributed by atoms with Crippen molar-refractivity contribution in [1.29, 1.82) is 0 Å². The summed E-state index contributed by atoms with van der Waals surface area (Å²) in [6.45, 7) is 0.599. The van der Waals surface area contributed by atoms with Gasteiger partial charge in [-0.3, -0.25) is 4.79 Å². The molecule has 1 heterocycles. The zero-order valence-corrected chi connectivity index (χ0v) is 15.0. The number of halogens is 1. The molecule has 132 valence electrons. The number of ether oxygens (including phenoxy) is 1. The zero-order valence-electron chi connectivity index (χ0n) is 14.2. The number of aromatic nitrogens is 1. The molecule has 3 rings (SSSR count). The molecular formula is C20H18ClN3O2. The standard InChI is InChI=1S/C20H18ClN3O2/c1-26-19-5-3-2-4-14(19)12-22-17-10-11-18(23-13-17)20(25)24-16-8-6-15(21)7-9-16/h2-11,13,22H,12H2,1H3,(H,24,25). The molecule has 6 heteroatoms. The maximum absolute atomic E-state index is 12.2. The van der Waals surface area contributed by atoms with Crippen LogP contribution in [0.2, 0.25) is 5.02 Å². The molecule has 0 bridgehead atoms. The predicted octanol–water partition coefficient (Wildman–Crippen LogP) is 4.61. The highest BCUT2D eigenvalue weighted by atomic mass is 35.5. The summed E-state index contributed by atoms with van der Waals surface area (Å²) in [5.74, 6) is 0.551. The maximum atomic E-state index is 12.2. The molecule has 3 aromatic rings. The van der Waals surface area contributed by atoms with Crippen LogP contribution in [-0.2, 0) is 6.54 Å². The minimum Gasteiger partial charge on any atom is -0.496 e. The molecule has 1 amide bonds. The second-order valence-corrected chi connectivity index (χ2v) is 5.99. The normalized spacial score (nSPS) is 10.2. The zero-order chi connectivity index (χ0) is 18.4. The fourth-order valence-electron chi connectivity index (χ4n) is 2.41. The van der Waals surface area contributed by atoms with Crippen LogP contribution in [0.25, 0.3) is 0 Å². The number of nitrogens with one attached hydrogen (secondary N) is 2. The smallest absolute Gasteiger partial charge is 0.274 e. The number of carbonyl (C=O) groups is 1. The SMILES string of the molecule is COc1ccccc1CNc1ccc(C(=O)Nc2ccc(Cl)cc2)nc1. The lowest BCUT2D eigenvalue weighted by atomic mass is 10.2. The summed E-state index contributed by atoms with van der Waals surface area (Å²) in [5, 5.41) is 6.67. The molecule has 2 aromatic carbocycles. The topological polar surface area (TPSA) is 63.2 Å². The number of benzene rings is 2. The number of nitrogens with zero attached hydrogens (tertiary/aromatic N) is 1. The van der Waals surface area contributed by atoms with Gasteiger partial charge in [-0.25, -0.2) is 4.98 Å². The summed E-state index contributed by atoms with van der Waals surface area (Å²) < 4.78 is 5.33. The lowest BCUT2D eigenvalue weighted by molar-refractivity contribution is 0.102. The van der Waals surface area contributed by atoms with Gasteiger partial charge in [0.1, 0.15) is 11.4 Å². The van der Waals surface area contributed by atoms with Crippen molar-refractivity contribution in [2.24, 2.45) is 0 Å². The van der Waals surface area contributed by atoms with E-state index in [1.807, 2.05) is 30.3 Å². The molecule has 5 nitrogen and oxygen atoms in total. The number of hydrogen-bond acceptors (Lipinski definition) is 4. The van der Waals surface area contributed by atoms with Crippen LogP contribution in [0.1, 0.15) is 16.1 Å². The maximum Gasteiger partial charge on any atom is 0.274 e. The van der Waals surface area contributed by atoms with Gasteiger partial charge < -0.3 is 15.4 Å². The Morgan fingerprint density at radius 1 is 1.04 bits per heavy atom. The van der Waals surface area contributed by atoms with Crippen molar-refractivity contribution in [3.05, 3.63) is 83.1 Å². The van der Waals surface area contributed by atoms with Gasteiger partial charge in [0, 0.05) is 22.8 Å². The average molecular weight is 368 g/mol. The minimum absolute atomic E-state index is 0.274. The summed E-state index contributed by atoms with van der Waals surface area (Å²) in [5.41, 5.74) is 2.86. The Hall–Kier alpha value is -3.05. The minimum atomic E-state index is -0.274. The lowest BCUT2D eigenvalue weighted by Crippen LogP contribution is -2.13. The van der Waals surface area contributed by atoms with Crippen molar-refractivity contribution >= 4 is 28.9 Å². The van der Waals surface area contributed by atoms with E-state index >= 15 is 0 Å². The number of rotatable bonds is 6. The van der Waals surface area contributed by atoms with Crippen molar-refractivity contribution in [2.45, 2.75) is 6.54 Å². The van der Waals surface area contributed by atoms with Gasteiger partial charge in [-0.1, -0.05) is 29.8 Å². The van der Waals surface area contributed by atoms with Gasteiger partial charge in [0.05, 0.1) is 19.0 Å². The van der Waals surface area contributed by atoms with Crippen LogP contribution in [0.15, 0.2) is 66.9 Å². The third kappa shape index (κ3) is 4.52. The van der Waals surface area contributed by atoms with Gasteiger partial charge in [-0.05, 0) is 42.5 Å². The van der Waals surface area contributed by atoms with Crippen LogP contribution < -0.4 is 15.4 Å². The first kappa shape index (κ1) is 17.8. The van der Waals surface area contributed by atoms with Crippen molar-refractivity contribution in [3.8, 4) is 5.75 Å². The van der Waals surface area contributed by atoms with E-state index in [1.54, 1.807) is 43.6 Å². The summed E-state index contributed by atoms with van der Waals surface area (Å²) in [6.07, 6.45) is 1.63. The molecular weight excluding hydrogens is 350 g/mol. The fourth-order valence-corrected chi connectivity index (χ4v) is 2.53. The number of hydrogen-bond donors (Lipinski definition) is 2. The summed E-state index contributed by atoms with van der Waals surface area (Å²) in [4.78, 5) is 16.4. The highest BCUT2D eigenvalue weighted by molar-refractivity contribution is 6.30. The largest absolute Gasteiger partial charge is 0.496 e. The van der Waals surface area contributed by atoms with Gasteiger partial charge >= 0.3 is 0 Å². The van der Waals surface area contributed by atoms with Crippen molar-refractivity contribution in [3.63, 3.8) is 0 Å². The van der Waals surface area contributed by atoms with E-state index in [0.29, 0.717) is 22.9 Å². The van der Waals surface area contributed by atoms with Gasteiger partial charge in [-0.2, -0.15) is 0 Å². The van der Waals surface area contributed by atoms with E-state index < -0.39 is 0 Å². The van der Waals surface area contributed by atoms with Gasteiger partial charge in [0.2, 0.25) is 0 Å². The van der Waals surface area contributed by atoms with Crippen molar-refractivity contribution in [1.82, 2.24) is 4.98 Å². The van der Waals surface area contributed by atoms with E-state index in [4.69, 9.17) is 16.3 Å². The lowest BCUT2D eigenvalue weighted by Gasteiger charge is -2.10. The summed E-state index contributed by atoms with van der Waals surface area (Å²) in [7, 11) is 1.65. The van der Waals surface area contributed by atoms with E-state index in [0.717, 1.165) is 17.0 Å². The molecule has 0 atom stereocenters. The Labute approximate surface area is 157 Å². The third-order valence-corrected chi connectivity index (χ3v) is 4.03. The van der Waals surface area contributed by atoms with Crippen LogP contribution >= 0.6 is 11.6 Å². The first-order chi connectivity index (χ1) is 12.7. The quantitative estimate of drug-likeness (QED) is 0.668. The van der Waals surface area contributed by atoms with Crippen LogP contribution in [0, 0.1) is 0 Å². The summed E-state index contributed by atoms with van der Waals surface area (Å²) in [6, 6.07) is 18.2. The van der Waals surface area contributed by atoms with E-state index in [2.05, 4.69) is 15.6 Å². The van der Waals surface area contributed by atoms with E-state index in [1.165, 1.54) is 0 Å². The Balaban J connectivity index is 1.61. The van der Waals surface area contributed by atoms with Crippen LogP contribution in [0.5, 0.6) is 5.75 Å². The van der Waals surface area contributed by atoms with Crippen LogP contribution in [0.4, 0.5) is 11.4 Å². The molecule has 0 aliphatic rings. The number of pyridine rings is 1. The first-order valence-electron chi connectivity index (χ1n) is 8.04. The Morgan fingerprint density at radius 3 is 2.46 bits per heavy atom. The predicted molar refractivity (Wildman–Crippen MR) is 104 cm³/mol. The van der Waals surface area contributed by atoms with Gasteiger partial charge in [-0.15, -0.1) is 0 Å². The molecule has 0 radical (unpaired) electrons. The Kier molecular flexibility index (Phi) is 5.71. The molecule has 0 saturated heterocycles. The monoisotopic (exact) mass is 367 g/mol. The van der Waals surface area contributed by atoms with E-state index in [-0.39, 0.29) is 5.91 Å².